The first-order chi connectivity index (χ1) is 13.1. The number of amides is 1. The molecule has 3 rings (SSSR count). The van der Waals surface area contributed by atoms with Gasteiger partial charge in [-0.3, -0.25) is 9.69 Å². The normalized spacial score (nSPS) is 19.8. The van der Waals surface area contributed by atoms with Crippen molar-refractivity contribution in [2.75, 3.05) is 27.2 Å². The Labute approximate surface area is 165 Å². The summed E-state index contributed by atoms with van der Waals surface area (Å²) in [6.07, 6.45) is 2.64. The highest BCUT2D eigenvalue weighted by atomic mass is 32.2. The van der Waals surface area contributed by atoms with Crippen LogP contribution in [0.1, 0.15) is 18.9 Å². The third kappa shape index (κ3) is 5.02. The molecule has 2 aromatic rings. The number of benzene rings is 1. The van der Waals surface area contributed by atoms with E-state index >= 15 is 0 Å². The average molecular weight is 386 g/mol. The van der Waals surface area contributed by atoms with Gasteiger partial charge >= 0.3 is 0 Å². The van der Waals surface area contributed by atoms with Crippen molar-refractivity contribution in [1.82, 2.24) is 14.8 Å². The Morgan fingerprint density at radius 1 is 1.26 bits per heavy atom. The molecule has 0 unspecified atom stereocenters. The number of para-hydroxylation sites is 1. The van der Waals surface area contributed by atoms with E-state index in [1.165, 1.54) is 0 Å². The summed E-state index contributed by atoms with van der Waals surface area (Å²) in [7, 11) is 3.65. The summed E-state index contributed by atoms with van der Waals surface area (Å²) in [4.78, 5) is 21.2. The zero-order valence-corrected chi connectivity index (χ0v) is 17.0. The summed E-state index contributed by atoms with van der Waals surface area (Å²) < 4.78 is 5.78. The first kappa shape index (κ1) is 19.7. The van der Waals surface area contributed by atoms with Crippen molar-refractivity contribution in [1.29, 1.82) is 0 Å². The largest absolute Gasteiger partial charge is 0.494 e. The Hall–Kier alpha value is -2.05. The number of aromatic nitrogens is 1. The molecule has 1 aliphatic rings. The van der Waals surface area contributed by atoms with E-state index in [-0.39, 0.29) is 11.9 Å². The van der Waals surface area contributed by atoms with Gasteiger partial charge in [0.1, 0.15) is 5.75 Å². The minimum Gasteiger partial charge on any atom is -0.494 e. The Balaban J connectivity index is 1.77. The summed E-state index contributed by atoms with van der Waals surface area (Å²) in [6, 6.07) is 13.9. The number of rotatable bonds is 7. The number of carbonyl (C=O) groups excluding carboxylic acids is 1. The van der Waals surface area contributed by atoms with Crippen LogP contribution in [0.3, 0.4) is 0 Å². The van der Waals surface area contributed by atoms with E-state index in [1.54, 1.807) is 16.7 Å². The van der Waals surface area contributed by atoms with Crippen LogP contribution in [0.2, 0.25) is 0 Å². The van der Waals surface area contributed by atoms with E-state index in [4.69, 9.17) is 4.74 Å². The van der Waals surface area contributed by atoms with Crippen LogP contribution in [0.15, 0.2) is 53.7 Å². The molecular weight excluding hydrogens is 358 g/mol. The second-order valence-corrected chi connectivity index (χ2v) is 8.18. The summed E-state index contributed by atoms with van der Waals surface area (Å²) >= 11 is 1.76. The van der Waals surface area contributed by atoms with Crippen molar-refractivity contribution in [2.45, 2.75) is 36.2 Å². The van der Waals surface area contributed by atoms with Gasteiger partial charge in [0.15, 0.2) is 0 Å². The molecule has 0 N–H and O–H groups in total. The topological polar surface area (TPSA) is 45.7 Å². The number of hydrogen-bond acceptors (Lipinski definition) is 5. The summed E-state index contributed by atoms with van der Waals surface area (Å²) in [5, 5.41) is 1.35. The molecule has 2 heterocycles. The number of likely N-dealkylation sites (tertiary alicyclic amines) is 1. The van der Waals surface area contributed by atoms with Gasteiger partial charge in [-0.2, -0.15) is 0 Å². The lowest BCUT2D eigenvalue weighted by atomic mass is 10.1. The highest BCUT2D eigenvalue weighted by molar-refractivity contribution is 7.99. The van der Waals surface area contributed by atoms with Crippen molar-refractivity contribution in [2.24, 2.45) is 0 Å². The highest BCUT2D eigenvalue weighted by Crippen LogP contribution is 2.34. The first-order valence-electron chi connectivity index (χ1n) is 9.32. The molecule has 0 aliphatic carbocycles. The number of thioether (sulfide) groups is 1. The van der Waals surface area contributed by atoms with Crippen LogP contribution in [0.4, 0.5) is 0 Å². The number of pyridine rings is 1. The van der Waals surface area contributed by atoms with E-state index in [0.29, 0.717) is 18.4 Å². The summed E-state index contributed by atoms with van der Waals surface area (Å²) in [5.41, 5.74) is 1.12. The fourth-order valence-electron chi connectivity index (χ4n) is 3.41. The van der Waals surface area contributed by atoms with Gasteiger partial charge in [-0.25, -0.2) is 4.98 Å². The lowest BCUT2D eigenvalue weighted by molar-refractivity contribution is -0.133. The van der Waals surface area contributed by atoms with Gasteiger partial charge in [-0.05, 0) is 31.5 Å². The van der Waals surface area contributed by atoms with Crippen molar-refractivity contribution >= 4 is 17.7 Å². The predicted octanol–water partition coefficient (Wildman–Crippen LogP) is 3.30. The second kappa shape index (κ2) is 9.24. The maximum Gasteiger partial charge on any atom is 0.239 e. The molecule has 1 saturated heterocycles. The molecule has 1 amide bonds. The van der Waals surface area contributed by atoms with Crippen molar-refractivity contribution < 1.29 is 9.53 Å². The fourth-order valence-corrected chi connectivity index (χ4v) is 4.58. The van der Waals surface area contributed by atoms with Crippen LogP contribution in [0.5, 0.6) is 5.75 Å². The lowest BCUT2D eigenvalue weighted by Crippen LogP contribution is -2.42. The second-order valence-electron chi connectivity index (χ2n) is 6.86. The molecule has 0 radical (unpaired) electrons. The maximum absolute atomic E-state index is 12.8. The van der Waals surface area contributed by atoms with Crippen molar-refractivity contribution in [3.63, 3.8) is 0 Å². The van der Waals surface area contributed by atoms with Crippen molar-refractivity contribution in [3.8, 4) is 5.75 Å². The molecular formula is C21H27N3O2S. The number of carbonyl (C=O) groups is 1. The minimum absolute atomic E-state index is 0.115. The van der Waals surface area contributed by atoms with Gasteiger partial charge in [-0.15, -0.1) is 11.8 Å². The van der Waals surface area contributed by atoms with Gasteiger partial charge in [0.2, 0.25) is 5.91 Å². The molecule has 1 aromatic heterocycles. The smallest absolute Gasteiger partial charge is 0.239 e. The molecule has 5 nitrogen and oxygen atoms in total. The van der Waals surface area contributed by atoms with Crippen LogP contribution >= 0.6 is 11.8 Å². The molecule has 2 atom stereocenters. The van der Waals surface area contributed by atoms with Gasteiger partial charge in [0, 0.05) is 44.2 Å². The van der Waals surface area contributed by atoms with Gasteiger partial charge in [0.25, 0.3) is 0 Å². The van der Waals surface area contributed by atoms with E-state index in [0.717, 1.165) is 29.3 Å². The maximum atomic E-state index is 12.8. The molecule has 0 bridgehead atoms. The van der Waals surface area contributed by atoms with E-state index in [9.17, 15) is 4.79 Å². The molecule has 6 heteroatoms. The van der Waals surface area contributed by atoms with E-state index in [1.807, 2.05) is 63.6 Å². The Morgan fingerprint density at radius 3 is 2.74 bits per heavy atom. The Morgan fingerprint density at radius 2 is 2.04 bits per heavy atom. The lowest BCUT2D eigenvalue weighted by Gasteiger charge is -2.26. The molecule has 1 fully saturated rings. The van der Waals surface area contributed by atoms with Crippen LogP contribution < -0.4 is 4.74 Å². The van der Waals surface area contributed by atoms with Gasteiger partial charge in [-0.1, -0.05) is 24.3 Å². The van der Waals surface area contributed by atoms with Crippen LogP contribution in [-0.4, -0.2) is 59.2 Å². The van der Waals surface area contributed by atoms with Crippen LogP contribution in [-0.2, 0) is 11.3 Å². The molecule has 1 aliphatic heterocycles. The summed E-state index contributed by atoms with van der Waals surface area (Å²) in [5.74, 6) is 1.06. The molecule has 0 saturated carbocycles. The SMILES string of the molecule is CCOc1ccccc1CN1C[C@H](Sc2ccccn2)C[C@H]1C(=O)N(C)C. The minimum atomic E-state index is -0.115. The predicted molar refractivity (Wildman–Crippen MR) is 109 cm³/mol. The van der Waals surface area contributed by atoms with Crippen LogP contribution in [0, 0.1) is 0 Å². The van der Waals surface area contributed by atoms with Gasteiger partial charge in [0.05, 0.1) is 17.7 Å². The van der Waals surface area contributed by atoms with Crippen molar-refractivity contribution in [3.05, 3.63) is 54.2 Å². The Kier molecular flexibility index (Phi) is 6.74. The zero-order valence-electron chi connectivity index (χ0n) is 16.2. The molecule has 1 aromatic carbocycles. The standard InChI is InChI=1S/C21H27N3O2S/c1-4-26-19-10-6-5-9-16(19)14-24-15-17(13-18(24)21(25)23(2)3)27-20-11-7-8-12-22-20/h5-12,17-18H,4,13-15H2,1-3H3/t17-,18+/m1/s1. The van der Waals surface area contributed by atoms with Gasteiger partial charge < -0.3 is 9.64 Å². The number of hydrogen-bond donors (Lipinski definition) is 0. The molecule has 0 spiro atoms. The monoisotopic (exact) mass is 385 g/mol. The number of nitrogens with zero attached hydrogens (tertiary/aromatic N) is 3. The molecule has 144 valence electrons. The number of likely N-dealkylation sites (N-methyl/N-ethyl adjacent to an activating group) is 1. The fraction of sp³-hybridized carbons (Fsp3) is 0.429. The summed E-state index contributed by atoms with van der Waals surface area (Å²) in [6.45, 7) is 4.19. The zero-order chi connectivity index (χ0) is 19.2. The Bertz CT molecular complexity index is 754. The number of ether oxygens (including phenoxy) is 1. The quantitative estimate of drug-likeness (QED) is 0.732. The first-order valence-corrected chi connectivity index (χ1v) is 10.2. The molecule has 27 heavy (non-hydrogen) atoms. The average Bonchev–Trinajstić information content (AvgIpc) is 3.05. The third-order valence-electron chi connectivity index (χ3n) is 4.66. The van der Waals surface area contributed by atoms with E-state index < -0.39 is 0 Å². The highest BCUT2D eigenvalue weighted by Gasteiger charge is 2.38. The van der Waals surface area contributed by atoms with E-state index in [2.05, 4.69) is 16.0 Å². The third-order valence-corrected chi connectivity index (χ3v) is 5.82. The van der Waals surface area contributed by atoms with Crippen LogP contribution in [0.25, 0.3) is 0 Å².